The fraction of sp³-hybridized carbons (Fsp3) is 0.367. The number of carboxylic acid groups (broad SMARTS) is 1. The molecule has 0 aromatic heterocycles. The van der Waals surface area contributed by atoms with Gasteiger partial charge < -0.3 is 19.3 Å². The molecule has 0 bridgehead atoms. The van der Waals surface area contributed by atoms with Crippen molar-refractivity contribution in [2.45, 2.75) is 45.4 Å². The van der Waals surface area contributed by atoms with Gasteiger partial charge in [0.05, 0.1) is 20.3 Å². The van der Waals surface area contributed by atoms with Crippen LogP contribution in [-0.2, 0) is 35.5 Å². The number of methoxy groups -OCH3 is 1. The number of fused-ring (bicyclic) bond motifs is 1. The molecule has 1 saturated heterocycles. The van der Waals surface area contributed by atoms with E-state index in [2.05, 4.69) is 49.4 Å². The molecule has 36 heavy (non-hydrogen) atoms. The molecular formula is C30H33NO5. The van der Waals surface area contributed by atoms with Gasteiger partial charge in [0.15, 0.2) is 0 Å². The Morgan fingerprint density at radius 1 is 1.08 bits per heavy atom. The third kappa shape index (κ3) is 4.84. The summed E-state index contributed by atoms with van der Waals surface area (Å²) in [6.45, 7) is 4.50. The molecular weight excluding hydrogens is 454 g/mol. The van der Waals surface area contributed by atoms with E-state index in [-0.39, 0.29) is 6.61 Å². The maximum atomic E-state index is 11.8. The number of hydrogen-bond acceptors (Lipinski definition) is 5. The van der Waals surface area contributed by atoms with E-state index in [1.807, 2.05) is 17.0 Å². The first-order chi connectivity index (χ1) is 17.6. The Hall–Kier alpha value is -3.35. The van der Waals surface area contributed by atoms with Crippen molar-refractivity contribution in [1.29, 1.82) is 0 Å². The van der Waals surface area contributed by atoms with Crippen molar-refractivity contribution in [3.05, 3.63) is 82.4 Å². The second kappa shape index (κ2) is 10.7. The van der Waals surface area contributed by atoms with Crippen LogP contribution in [0, 0.1) is 6.92 Å². The molecule has 188 valence electrons. The summed E-state index contributed by atoms with van der Waals surface area (Å²) in [5.41, 5.74) is 8.34. The van der Waals surface area contributed by atoms with Crippen LogP contribution in [0.5, 0.6) is 11.5 Å². The summed E-state index contributed by atoms with van der Waals surface area (Å²) in [7, 11) is 1.67. The molecule has 1 fully saturated rings. The number of nitrogens with zero attached hydrogens (tertiary/aromatic N) is 1. The Morgan fingerprint density at radius 3 is 2.67 bits per heavy atom. The van der Waals surface area contributed by atoms with Gasteiger partial charge in [-0.1, -0.05) is 48.5 Å². The lowest BCUT2D eigenvalue weighted by molar-refractivity contribution is -0.150. The lowest BCUT2D eigenvalue weighted by Gasteiger charge is -2.33. The zero-order chi connectivity index (χ0) is 25.1. The molecule has 0 spiro atoms. The summed E-state index contributed by atoms with van der Waals surface area (Å²) in [6.07, 6.45) is 2.96. The van der Waals surface area contributed by atoms with Crippen LogP contribution in [0.2, 0.25) is 0 Å². The molecule has 0 amide bonds. The molecule has 1 atom stereocenters. The van der Waals surface area contributed by atoms with Crippen molar-refractivity contribution < 1.29 is 24.1 Å². The van der Waals surface area contributed by atoms with E-state index in [4.69, 9.17) is 14.2 Å². The van der Waals surface area contributed by atoms with Crippen molar-refractivity contribution in [2.24, 2.45) is 0 Å². The Bertz CT molecular complexity index is 1240. The van der Waals surface area contributed by atoms with Crippen LogP contribution in [0.1, 0.15) is 34.2 Å². The van der Waals surface area contributed by atoms with E-state index in [0.29, 0.717) is 26.3 Å². The van der Waals surface area contributed by atoms with Gasteiger partial charge in [-0.25, -0.2) is 0 Å². The molecule has 3 aromatic carbocycles. The number of carboxylic acids is 1. The Kier molecular flexibility index (Phi) is 7.25. The van der Waals surface area contributed by atoms with Crippen molar-refractivity contribution >= 4 is 5.97 Å². The van der Waals surface area contributed by atoms with Crippen LogP contribution in [0.15, 0.2) is 54.6 Å². The Balaban J connectivity index is 1.41. The SMILES string of the molecule is COc1cc(OCc2cccc(-c3ccccc3)c2C)c2c(c1CN1CCOCC1C(=O)O)CCC2. The summed E-state index contributed by atoms with van der Waals surface area (Å²) in [4.78, 5) is 13.8. The van der Waals surface area contributed by atoms with Crippen LogP contribution in [-0.4, -0.2) is 48.9 Å². The first-order valence-electron chi connectivity index (χ1n) is 12.6. The minimum Gasteiger partial charge on any atom is -0.496 e. The number of rotatable bonds is 8. The first kappa shape index (κ1) is 24.3. The molecule has 1 heterocycles. The molecule has 1 N–H and O–H groups in total. The van der Waals surface area contributed by atoms with Crippen LogP contribution in [0.4, 0.5) is 0 Å². The monoisotopic (exact) mass is 487 g/mol. The predicted molar refractivity (Wildman–Crippen MR) is 139 cm³/mol. The maximum absolute atomic E-state index is 11.8. The van der Waals surface area contributed by atoms with E-state index in [9.17, 15) is 9.90 Å². The smallest absolute Gasteiger partial charge is 0.323 e. The van der Waals surface area contributed by atoms with Gasteiger partial charge in [-0.3, -0.25) is 9.69 Å². The third-order valence-corrected chi connectivity index (χ3v) is 7.46. The molecule has 2 aliphatic rings. The number of ether oxygens (including phenoxy) is 3. The van der Waals surface area contributed by atoms with Gasteiger partial charge in [-0.2, -0.15) is 0 Å². The molecule has 6 nitrogen and oxygen atoms in total. The zero-order valence-electron chi connectivity index (χ0n) is 21.0. The lowest BCUT2D eigenvalue weighted by atomic mass is 9.97. The van der Waals surface area contributed by atoms with Gasteiger partial charge in [0.1, 0.15) is 24.1 Å². The third-order valence-electron chi connectivity index (χ3n) is 7.46. The highest BCUT2D eigenvalue weighted by Crippen LogP contribution is 2.40. The van der Waals surface area contributed by atoms with Crippen molar-refractivity contribution in [3.8, 4) is 22.6 Å². The van der Waals surface area contributed by atoms with Crippen molar-refractivity contribution in [1.82, 2.24) is 4.90 Å². The second-order valence-corrected chi connectivity index (χ2v) is 9.51. The maximum Gasteiger partial charge on any atom is 0.323 e. The van der Waals surface area contributed by atoms with E-state index in [1.165, 1.54) is 27.8 Å². The van der Waals surface area contributed by atoms with Crippen LogP contribution < -0.4 is 9.47 Å². The fourth-order valence-corrected chi connectivity index (χ4v) is 5.46. The van der Waals surface area contributed by atoms with Crippen molar-refractivity contribution in [2.75, 3.05) is 26.9 Å². The minimum atomic E-state index is -0.849. The van der Waals surface area contributed by atoms with E-state index in [0.717, 1.165) is 41.9 Å². The van der Waals surface area contributed by atoms with E-state index >= 15 is 0 Å². The first-order valence-corrected chi connectivity index (χ1v) is 12.6. The van der Waals surface area contributed by atoms with Gasteiger partial charge in [-0.15, -0.1) is 0 Å². The average Bonchev–Trinajstić information content (AvgIpc) is 3.40. The number of carbonyl (C=O) groups is 1. The molecule has 0 radical (unpaired) electrons. The quantitative estimate of drug-likeness (QED) is 0.481. The molecule has 3 aromatic rings. The number of benzene rings is 3. The normalized spacial score (nSPS) is 17.6. The minimum absolute atomic E-state index is 0.211. The summed E-state index contributed by atoms with van der Waals surface area (Å²) < 4.78 is 17.7. The van der Waals surface area contributed by atoms with Crippen molar-refractivity contribution in [3.63, 3.8) is 0 Å². The molecule has 6 heteroatoms. The Labute approximate surface area is 212 Å². The second-order valence-electron chi connectivity index (χ2n) is 9.51. The van der Waals surface area contributed by atoms with Gasteiger partial charge in [0, 0.05) is 24.7 Å². The van der Waals surface area contributed by atoms with Gasteiger partial charge in [-0.05, 0) is 59.6 Å². The lowest BCUT2D eigenvalue weighted by Crippen LogP contribution is -2.49. The van der Waals surface area contributed by atoms with Gasteiger partial charge in [0.2, 0.25) is 0 Å². The van der Waals surface area contributed by atoms with Crippen LogP contribution >= 0.6 is 0 Å². The van der Waals surface area contributed by atoms with Crippen LogP contribution in [0.3, 0.4) is 0 Å². The highest BCUT2D eigenvalue weighted by molar-refractivity contribution is 5.74. The molecule has 1 aliphatic heterocycles. The van der Waals surface area contributed by atoms with E-state index in [1.54, 1.807) is 7.11 Å². The molecule has 1 aliphatic carbocycles. The van der Waals surface area contributed by atoms with Crippen LogP contribution in [0.25, 0.3) is 11.1 Å². The zero-order valence-corrected chi connectivity index (χ0v) is 21.0. The average molecular weight is 488 g/mol. The topological polar surface area (TPSA) is 68.2 Å². The van der Waals surface area contributed by atoms with Gasteiger partial charge in [0.25, 0.3) is 0 Å². The summed E-state index contributed by atoms with van der Waals surface area (Å²) in [6, 6.07) is 18.1. The summed E-state index contributed by atoms with van der Waals surface area (Å²) in [5, 5.41) is 9.67. The molecule has 1 unspecified atom stereocenters. The van der Waals surface area contributed by atoms with E-state index < -0.39 is 12.0 Å². The summed E-state index contributed by atoms with van der Waals surface area (Å²) >= 11 is 0. The molecule has 5 rings (SSSR count). The highest BCUT2D eigenvalue weighted by atomic mass is 16.5. The van der Waals surface area contributed by atoms with Gasteiger partial charge >= 0.3 is 5.97 Å². The fourth-order valence-electron chi connectivity index (χ4n) is 5.46. The standard InChI is InChI=1S/C30H33NO5/c1-20-22(10-6-11-23(20)21-8-4-3-5-9-21)18-36-29-16-28(34-2)26(24-12-7-13-25(24)29)17-31-14-15-35-19-27(31)30(32)33/h3-6,8-11,16,27H,7,12-15,17-19H2,1-2H3,(H,32,33). The Morgan fingerprint density at radius 2 is 1.89 bits per heavy atom. The number of hydrogen-bond donors (Lipinski definition) is 1. The highest BCUT2D eigenvalue weighted by Gasteiger charge is 2.32. The summed E-state index contributed by atoms with van der Waals surface area (Å²) in [5.74, 6) is 0.777. The largest absolute Gasteiger partial charge is 0.496 e. The number of aliphatic carboxylic acids is 1. The number of morpholine rings is 1. The molecule has 0 saturated carbocycles. The predicted octanol–water partition coefficient (Wildman–Crippen LogP) is 5.02.